The van der Waals surface area contributed by atoms with Crippen LogP contribution in [0.2, 0.25) is 5.02 Å². The fraction of sp³-hybridized carbons (Fsp3) is 0.462. The smallest absolute Gasteiger partial charge is 0.305 e. The second-order valence-corrected chi connectivity index (χ2v) is 5.27. The number of ether oxygens (including phenoxy) is 1. The van der Waals surface area contributed by atoms with E-state index in [9.17, 15) is 14.9 Å². The van der Waals surface area contributed by atoms with Gasteiger partial charge in [-0.2, -0.15) is 0 Å². The summed E-state index contributed by atoms with van der Waals surface area (Å²) in [7, 11) is 0. The third kappa shape index (κ3) is 3.43. The number of carboxylic acid groups (broad SMARTS) is 1. The number of carbonyl (C=O) groups is 1. The van der Waals surface area contributed by atoms with E-state index in [0.717, 1.165) is 0 Å². The summed E-state index contributed by atoms with van der Waals surface area (Å²) >= 11 is 5.95. The standard InChI is InChI=1S/C13H15ClN2O5/c1-8-4-12(16(19)20)10(14)6-11(8)15-2-3-21-7-9(15)5-13(17)18/h4,6,9H,2-3,5,7H2,1H3,(H,17,18). The van der Waals surface area contributed by atoms with Gasteiger partial charge in [0.1, 0.15) is 5.02 Å². The van der Waals surface area contributed by atoms with Gasteiger partial charge in [-0.25, -0.2) is 0 Å². The lowest BCUT2D eigenvalue weighted by Crippen LogP contribution is -2.47. The summed E-state index contributed by atoms with van der Waals surface area (Å²) in [5, 5.41) is 19.9. The molecule has 0 aliphatic carbocycles. The molecular weight excluding hydrogens is 300 g/mol. The topological polar surface area (TPSA) is 92.9 Å². The predicted molar refractivity (Wildman–Crippen MR) is 77.0 cm³/mol. The molecule has 0 saturated carbocycles. The molecule has 1 aromatic rings. The Morgan fingerprint density at radius 2 is 2.33 bits per heavy atom. The summed E-state index contributed by atoms with van der Waals surface area (Å²) in [5.74, 6) is -0.916. The number of nitro groups is 1. The highest BCUT2D eigenvalue weighted by atomic mass is 35.5. The molecule has 0 amide bonds. The van der Waals surface area contributed by atoms with Gasteiger partial charge in [0.15, 0.2) is 0 Å². The quantitative estimate of drug-likeness (QED) is 0.676. The number of hydrogen-bond acceptors (Lipinski definition) is 5. The van der Waals surface area contributed by atoms with E-state index in [-0.39, 0.29) is 23.2 Å². The lowest BCUT2D eigenvalue weighted by atomic mass is 10.1. The monoisotopic (exact) mass is 314 g/mol. The zero-order chi connectivity index (χ0) is 15.6. The zero-order valence-corrected chi connectivity index (χ0v) is 12.2. The number of nitrogens with zero attached hydrogens (tertiary/aromatic N) is 2. The molecule has 1 heterocycles. The van der Waals surface area contributed by atoms with E-state index in [2.05, 4.69) is 0 Å². The minimum atomic E-state index is -0.916. The van der Waals surface area contributed by atoms with Crippen molar-refractivity contribution in [3.8, 4) is 0 Å². The highest BCUT2D eigenvalue weighted by molar-refractivity contribution is 6.33. The predicted octanol–water partition coefficient (Wildman–Crippen LogP) is 2.24. The van der Waals surface area contributed by atoms with Gasteiger partial charge in [-0.3, -0.25) is 14.9 Å². The molecule has 114 valence electrons. The van der Waals surface area contributed by atoms with Crippen LogP contribution in [-0.4, -0.2) is 41.8 Å². The molecule has 0 bridgehead atoms. The third-order valence-corrected chi connectivity index (χ3v) is 3.71. The van der Waals surface area contributed by atoms with Gasteiger partial charge in [-0.15, -0.1) is 0 Å². The Morgan fingerprint density at radius 1 is 1.62 bits per heavy atom. The largest absolute Gasteiger partial charge is 0.481 e. The molecule has 1 aliphatic heterocycles. The molecule has 7 nitrogen and oxygen atoms in total. The first-order valence-electron chi connectivity index (χ1n) is 6.41. The summed E-state index contributed by atoms with van der Waals surface area (Å²) in [6.45, 7) is 3.05. The van der Waals surface area contributed by atoms with Crippen molar-refractivity contribution in [1.29, 1.82) is 0 Å². The van der Waals surface area contributed by atoms with Crippen LogP contribution in [0.1, 0.15) is 12.0 Å². The average Bonchev–Trinajstić information content (AvgIpc) is 2.41. The van der Waals surface area contributed by atoms with Crippen LogP contribution in [0.3, 0.4) is 0 Å². The first-order chi connectivity index (χ1) is 9.90. The third-order valence-electron chi connectivity index (χ3n) is 3.41. The fourth-order valence-corrected chi connectivity index (χ4v) is 2.67. The lowest BCUT2D eigenvalue weighted by molar-refractivity contribution is -0.384. The van der Waals surface area contributed by atoms with Gasteiger partial charge in [0.2, 0.25) is 0 Å². The number of nitro benzene ring substituents is 1. The number of aryl methyl sites for hydroxylation is 1. The maximum absolute atomic E-state index is 10.9. The average molecular weight is 315 g/mol. The molecular formula is C13H15ClN2O5. The van der Waals surface area contributed by atoms with Crippen LogP contribution in [0.15, 0.2) is 12.1 Å². The number of halogens is 1. The highest BCUT2D eigenvalue weighted by Crippen LogP contribution is 2.34. The first-order valence-corrected chi connectivity index (χ1v) is 6.78. The van der Waals surface area contributed by atoms with E-state index in [0.29, 0.717) is 31.0 Å². The molecule has 1 atom stereocenters. The van der Waals surface area contributed by atoms with Crippen molar-refractivity contribution < 1.29 is 19.6 Å². The van der Waals surface area contributed by atoms with E-state index in [4.69, 9.17) is 21.4 Å². The number of benzene rings is 1. The van der Waals surface area contributed by atoms with Gasteiger partial charge in [0.05, 0.1) is 30.6 Å². The van der Waals surface area contributed by atoms with Crippen LogP contribution in [0.5, 0.6) is 0 Å². The van der Waals surface area contributed by atoms with Crippen LogP contribution in [0, 0.1) is 17.0 Å². The minimum absolute atomic E-state index is 0.0427. The molecule has 1 unspecified atom stereocenters. The van der Waals surface area contributed by atoms with Gasteiger partial charge in [0.25, 0.3) is 5.69 Å². The SMILES string of the molecule is Cc1cc([N+](=O)[O-])c(Cl)cc1N1CCOCC1CC(=O)O. The van der Waals surface area contributed by atoms with Gasteiger partial charge in [0, 0.05) is 18.3 Å². The van der Waals surface area contributed by atoms with Crippen molar-refractivity contribution in [2.75, 3.05) is 24.7 Å². The Bertz CT molecular complexity index is 578. The molecule has 2 rings (SSSR count). The molecule has 1 N–H and O–H groups in total. The van der Waals surface area contributed by atoms with Crippen molar-refractivity contribution in [1.82, 2.24) is 0 Å². The van der Waals surface area contributed by atoms with Gasteiger partial charge >= 0.3 is 5.97 Å². The molecule has 1 fully saturated rings. The molecule has 0 spiro atoms. The normalized spacial score (nSPS) is 18.6. The molecule has 0 aromatic heterocycles. The van der Waals surface area contributed by atoms with Crippen LogP contribution in [0.4, 0.5) is 11.4 Å². The van der Waals surface area contributed by atoms with Crippen molar-refractivity contribution in [3.63, 3.8) is 0 Å². The zero-order valence-electron chi connectivity index (χ0n) is 11.4. The Hall–Kier alpha value is -1.86. The van der Waals surface area contributed by atoms with E-state index in [1.54, 1.807) is 6.92 Å². The van der Waals surface area contributed by atoms with Crippen LogP contribution in [0.25, 0.3) is 0 Å². The number of hydrogen-bond donors (Lipinski definition) is 1. The van der Waals surface area contributed by atoms with Crippen molar-refractivity contribution in [2.45, 2.75) is 19.4 Å². The summed E-state index contributed by atoms with van der Waals surface area (Å²) in [5.41, 5.74) is 1.24. The van der Waals surface area contributed by atoms with Crippen molar-refractivity contribution in [2.24, 2.45) is 0 Å². The number of carboxylic acids is 1. The second kappa shape index (κ2) is 6.28. The molecule has 1 aliphatic rings. The minimum Gasteiger partial charge on any atom is -0.481 e. The summed E-state index contributed by atoms with van der Waals surface area (Å²) in [4.78, 5) is 23.2. The van der Waals surface area contributed by atoms with E-state index >= 15 is 0 Å². The summed E-state index contributed by atoms with van der Waals surface area (Å²) < 4.78 is 5.32. The number of aliphatic carboxylic acids is 1. The summed E-state index contributed by atoms with van der Waals surface area (Å²) in [6, 6.07) is 2.62. The molecule has 21 heavy (non-hydrogen) atoms. The molecule has 0 radical (unpaired) electrons. The van der Waals surface area contributed by atoms with E-state index in [1.807, 2.05) is 4.90 Å². The highest BCUT2D eigenvalue weighted by Gasteiger charge is 2.28. The maximum atomic E-state index is 10.9. The second-order valence-electron chi connectivity index (χ2n) is 4.87. The van der Waals surface area contributed by atoms with Crippen LogP contribution < -0.4 is 4.90 Å². The van der Waals surface area contributed by atoms with Gasteiger partial charge in [-0.1, -0.05) is 11.6 Å². The Kier molecular flexibility index (Phi) is 4.64. The maximum Gasteiger partial charge on any atom is 0.305 e. The van der Waals surface area contributed by atoms with Crippen LogP contribution in [-0.2, 0) is 9.53 Å². The molecule has 1 saturated heterocycles. The van der Waals surface area contributed by atoms with Crippen molar-refractivity contribution in [3.05, 3.63) is 32.8 Å². The number of morpholine rings is 1. The first kappa shape index (κ1) is 15.5. The van der Waals surface area contributed by atoms with Gasteiger partial charge < -0.3 is 14.7 Å². The Morgan fingerprint density at radius 3 is 2.95 bits per heavy atom. The summed E-state index contributed by atoms with van der Waals surface area (Å²) in [6.07, 6.45) is -0.0615. The fourth-order valence-electron chi connectivity index (χ4n) is 2.45. The van der Waals surface area contributed by atoms with Crippen molar-refractivity contribution >= 4 is 28.9 Å². The number of anilines is 1. The van der Waals surface area contributed by atoms with Gasteiger partial charge in [-0.05, 0) is 18.6 Å². The van der Waals surface area contributed by atoms with Crippen LogP contribution >= 0.6 is 11.6 Å². The Balaban J connectivity index is 2.36. The lowest BCUT2D eigenvalue weighted by Gasteiger charge is -2.37. The Labute approximate surface area is 126 Å². The molecule has 1 aromatic carbocycles. The van der Waals surface area contributed by atoms with E-state index < -0.39 is 10.9 Å². The number of rotatable bonds is 4. The molecule has 8 heteroatoms. The van der Waals surface area contributed by atoms with E-state index in [1.165, 1.54) is 12.1 Å².